The molecule has 1 aliphatic heterocycles. The van der Waals surface area contributed by atoms with Crippen LogP contribution in [0.5, 0.6) is 0 Å². The van der Waals surface area contributed by atoms with E-state index in [1.807, 2.05) is 34.5 Å². The molecule has 2 amide bonds. The summed E-state index contributed by atoms with van der Waals surface area (Å²) in [4.78, 5) is 36.3. The molecule has 1 N–H and O–H groups in total. The fraction of sp³-hybridized carbons (Fsp3) is 0.333. The predicted molar refractivity (Wildman–Crippen MR) is 123 cm³/mol. The van der Waals surface area contributed by atoms with Gasteiger partial charge in [-0.05, 0) is 36.1 Å². The van der Waals surface area contributed by atoms with Crippen LogP contribution in [0.15, 0.2) is 48.0 Å². The molecule has 31 heavy (non-hydrogen) atoms. The summed E-state index contributed by atoms with van der Waals surface area (Å²) < 4.78 is 0. The highest BCUT2D eigenvalue weighted by atomic mass is 32.1. The highest BCUT2D eigenvalue weighted by Gasteiger charge is 2.36. The van der Waals surface area contributed by atoms with Crippen molar-refractivity contribution in [1.29, 1.82) is 0 Å². The summed E-state index contributed by atoms with van der Waals surface area (Å²) in [7, 11) is 0. The van der Waals surface area contributed by atoms with Gasteiger partial charge in [0.2, 0.25) is 11.8 Å². The summed E-state index contributed by atoms with van der Waals surface area (Å²) in [5, 5.41) is 5.72. The van der Waals surface area contributed by atoms with Gasteiger partial charge in [0.25, 0.3) is 0 Å². The number of aryl methyl sites for hydroxylation is 2. The van der Waals surface area contributed by atoms with E-state index >= 15 is 0 Å². The van der Waals surface area contributed by atoms with Crippen LogP contribution in [0.25, 0.3) is 10.7 Å². The minimum Gasteiger partial charge on any atom is -0.350 e. The number of nitrogens with zero attached hydrogens (tertiary/aromatic N) is 3. The summed E-state index contributed by atoms with van der Waals surface area (Å²) >= 11 is 1.51. The molecular formula is C24H26N4O2S. The summed E-state index contributed by atoms with van der Waals surface area (Å²) in [5.74, 6) is -0.437. The number of pyridine rings is 1. The number of carbonyl (C=O) groups excluding carboxylic acids is 2. The van der Waals surface area contributed by atoms with Gasteiger partial charge in [0, 0.05) is 30.2 Å². The first-order valence-electron chi connectivity index (χ1n) is 10.6. The van der Waals surface area contributed by atoms with Gasteiger partial charge in [0.15, 0.2) is 0 Å². The third-order valence-electron chi connectivity index (χ3n) is 5.61. The molecule has 0 spiro atoms. The monoisotopic (exact) mass is 434 g/mol. The zero-order chi connectivity index (χ0) is 21.8. The second kappa shape index (κ2) is 9.39. The van der Waals surface area contributed by atoms with E-state index in [2.05, 4.69) is 41.3 Å². The Hall–Kier alpha value is -3.06. The molecule has 1 fully saturated rings. The van der Waals surface area contributed by atoms with Crippen molar-refractivity contribution in [2.75, 3.05) is 11.4 Å². The standard InChI is InChI=1S/C24H26N4O2S/c1-3-16-8-7-9-17(4-2)22(16)28-14-18(12-21(28)29)23(30)26-13-19-15-31-24(27-19)20-10-5-6-11-25-20/h5-11,15,18H,3-4,12-14H2,1-2H3,(H,26,30). The van der Waals surface area contributed by atoms with Crippen molar-refractivity contribution in [3.05, 3.63) is 64.8 Å². The lowest BCUT2D eigenvalue weighted by molar-refractivity contribution is -0.126. The fourth-order valence-electron chi connectivity index (χ4n) is 3.98. The van der Waals surface area contributed by atoms with Gasteiger partial charge in [-0.15, -0.1) is 11.3 Å². The average molecular weight is 435 g/mol. The topological polar surface area (TPSA) is 75.2 Å². The molecular weight excluding hydrogens is 408 g/mol. The van der Waals surface area contributed by atoms with E-state index in [1.165, 1.54) is 11.3 Å². The molecule has 3 aromatic rings. The number of rotatable bonds is 7. The van der Waals surface area contributed by atoms with Crippen molar-refractivity contribution >= 4 is 28.8 Å². The zero-order valence-electron chi connectivity index (χ0n) is 17.8. The Bertz CT molecular complexity index is 1060. The number of hydrogen-bond donors (Lipinski definition) is 1. The van der Waals surface area contributed by atoms with Crippen molar-refractivity contribution in [3.8, 4) is 10.7 Å². The van der Waals surface area contributed by atoms with Crippen LogP contribution in [-0.4, -0.2) is 28.3 Å². The Balaban J connectivity index is 1.41. The number of thiazole rings is 1. The minimum absolute atomic E-state index is 0.0156. The molecule has 0 saturated carbocycles. The summed E-state index contributed by atoms with van der Waals surface area (Å²) in [6, 6.07) is 11.9. The summed E-state index contributed by atoms with van der Waals surface area (Å²) in [6.07, 6.45) is 3.68. The van der Waals surface area contributed by atoms with Crippen molar-refractivity contribution < 1.29 is 9.59 Å². The molecule has 1 aromatic carbocycles. The van der Waals surface area contributed by atoms with E-state index in [0.717, 1.165) is 46.1 Å². The molecule has 1 saturated heterocycles. The number of nitrogens with one attached hydrogen (secondary N) is 1. The fourth-order valence-corrected chi connectivity index (χ4v) is 4.77. The van der Waals surface area contributed by atoms with Gasteiger partial charge in [0.1, 0.15) is 5.01 Å². The smallest absolute Gasteiger partial charge is 0.227 e. The SMILES string of the molecule is CCc1cccc(CC)c1N1CC(C(=O)NCc2csc(-c3ccccn3)n2)CC1=O. The van der Waals surface area contributed by atoms with Crippen LogP contribution in [0.3, 0.4) is 0 Å². The van der Waals surface area contributed by atoms with Gasteiger partial charge < -0.3 is 10.2 Å². The van der Waals surface area contributed by atoms with Gasteiger partial charge in [-0.3, -0.25) is 14.6 Å². The van der Waals surface area contributed by atoms with Gasteiger partial charge >= 0.3 is 0 Å². The van der Waals surface area contributed by atoms with Crippen LogP contribution in [-0.2, 0) is 29.0 Å². The van der Waals surface area contributed by atoms with E-state index in [4.69, 9.17) is 0 Å². The molecule has 0 radical (unpaired) electrons. The Labute approximate surface area is 186 Å². The van der Waals surface area contributed by atoms with Crippen molar-refractivity contribution in [1.82, 2.24) is 15.3 Å². The molecule has 1 aliphatic rings. The summed E-state index contributed by atoms with van der Waals surface area (Å²) in [6.45, 7) is 4.95. The molecule has 4 rings (SSSR count). The van der Waals surface area contributed by atoms with E-state index in [-0.39, 0.29) is 24.2 Å². The Morgan fingerprint density at radius 2 is 1.94 bits per heavy atom. The van der Waals surface area contributed by atoms with E-state index in [1.54, 1.807) is 6.20 Å². The number of para-hydroxylation sites is 1. The molecule has 0 aliphatic carbocycles. The molecule has 6 nitrogen and oxygen atoms in total. The maximum absolute atomic E-state index is 12.8. The number of benzene rings is 1. The Morgan fingerprint density at radius 1 is 1.16 bits per heavy atom. The van der Waals surface area contributed by atoms with Crippen LogP contribution >= 0.6 is 11.3 Å². The van der Waals surface area contributed by atoms with Crippen LogP contribution in [0.4, 0.5) is 5.69 Å². The first kappa shape index (κ1) is 21.2. The van der Waals surface area contributed by atoms with E-state index in [9.17, 15) is 9.59 Å². The van der Waals surface area contributed by atoms with E-state index in [0.29, 0.717) is 13.1 Å². The first-order valence-corrected chi connectivity index (χ1v) is 11.5. The Morgan fingerprint density at radius 3 is 2.61 bits per heavy atom. The average Bonchev–Trinajstić information content (AvgIpc) is 3.44. The molecule has 2 aromatic heterocycles. The van der Waals surface area contributed by atoms with Gasteiger partial charge in [-0.25, -0.2) is 4.98 Å². The summed E-state index contributed by atoms with van der Waals surface area (Å²) in [5.41, 5.74) is 4.91. The largest absolute Gasteiger partial charge is 0.350 e. The van der Waals surface area contributed by atoms with Crippen LogP contribution < -0.4 is 10.2 Å². The van der Waals surface area contributed by atoms with Crippen LogP contribution in [0.1, 0.15) is 37.1 Å². The predicted octanol–water partition coefficient (Wildman–Crippen LogP) is 4.00. The number of hydrogen-bond acceptors (Lipinski definition) is 5. The molecule has 3 heterocycles. The quantitative estimate of drug-likeness (QED) is 0.610. The first-order chi connectivity index (χ1) is 15.1. The lowest BCUT2D eigenvalue weighted by Gasteiger charge is -2.23. The number of amides is 2. The van der Waals surface area contributed by atoms with Crippen molar-refractivity contribution in [2.24, 2.45) is 5.92 Å². The second-order valence-corrected chi connectivity index (χ2v) is 8.47. The highest BCUT2D eigenvalue weighted by molar-refractivity contribution is 7.13. The number of aromatic nitrogens is 2. The lowest BCUT2D eigenvalue weighted by Crippen LogP contribution is -2.33. The molecule has 1 atom stereocenters. The zero-order valence-corrected chi connectivity index (χ0v) is 18.6. The number of carbonyl (C=O) groups is 2. The van der Waals surface area contributed by atoms with Gasteiger partial charge in [0.05, 0.1) is 23.9 Å². The van der Waals surface area contributed by atoms with Gasteiger partial charge in [-0.1, -0.05) is 38.1 Å². The molecule has 7 heteroatoms. The highest BCUT2D eigenvalue weighted by Crippen LogP contribution is 2.32. The third-order valence-corrected chi connectivity index (χ3v) is 6.52. The lowest BCUT2D eigenvalue weighted by atomic mass is 10.0. The minimum atomic E-state index is -0.351. The van der Waals surface area contributed by atoms with Crippen LogP contribution in [0.2, 0.25) is 0 Å². The van der Waals surface area contributed by atoms with E-state index < -0.39 is 0 Å². The van der Waals surface area contributed by atoms with Crippen molar-refractivity contribution in [3.63, 3.8) is 0 Å². The second-order valence-electron chi connectivity index (χ2n) is 7.61. The van der Waals surface area contributed by atoms with Gasteiger partial charge in [-0.2, -0.15) is 0 Å². The molecule has 1 unspecified atom stereocenters. The molecule has 0 bridgehead atoms. The third kappa shape index (κ3) is 4.51. The Kier molecular flexibility index (Phi) is 6.42. The maximum Gasteiger partial charge on any atom is 0.227 e. The molecule has 160 valence electrons. The van der Waals surface area contributed by atoms with Crippen LogP contribution in [0, 0.1) is 5.92 Å². The normalized spacial score (nSPS) is 16.0. The number of anilines is 1. The maximum atomic E-state index is 12.8. The van der Waals surface area contributed by atoms with Crippen molar-refractivity contribution in [2.45, 2.75) is 39.7 Å².